The minimum Gasteiger partial charge on any atom is -0.320 e. The summed E-state index contributed by atoms with van der Waals surface area (Å²) >= 11 is 0. The lowest BCUT2D eigenvalue weighted by Crippen LogP contribution is -2.29. The molecule has 0 aliphatic carbocycles. The molecule has 3 rings (SSSR count). The van der Waals surface area contributed by atoms with Gasteiger partial charge in [0.25, 0.3) is 0 Å². The van der Waals surface area contributed by atoms with Gasteiger partial charge in [0.15, 0.2) is 0 Å². The van der Waals surface area contributed by atoms with E-state index < -0.39 is 5.54 Å². The van der Waals surface area contributed by atoms with E-state index >= 15 is 0 Å². The third-order valence-electron chi connectivity index (χ3n) is 3.27. The van der Waals surface area contributed by atoms with Crippen LogP contribution in [0.4, 0.5) is 0 Å². The van der Waals surface area contributed by atoms with Crippen LogP contribution < -0.4 is 5.73 Å². The zero-order valence-corrected chi connectivity index (χ0v) is 11.6. The summed E-state index contributed by atoms with van der Waals surface area (Å²) in [6, 6.07) is 10.1. The first-order valence-corrected chi connectivity index (χ1v) is 6.56. The number of pyridine rings is 1. The summed E-state index contributed by atoms with van der Waals surface area (Å²) in [6.07, 6.45) is 3.72. The second-order valence-electron chi connectivity index (χ2n) is 5.51. The fourth-order valence-corrected chi connectivity index (χ4v) is 2.14. The van der Waals surface area contributed by atoms with Crippen LogP contribution in [0.1, 0.15) is 25.1 Å². The molecule has 2 aromatic heterocycles. The number of hydrogen-bond donors (Lipinski definition) is 1. The van der Waals surface area contributed by atoms with Crippen molar-refractivity contribution in [3.8, 4) is 0 Å². The van der Waals surface area contributed by atoms with E-state index in [2.05, 4.69) is 21.4 Å². The van der Waals surface area contributed by atoms with Gasteiger partial charge in [-0.15, -0.1) is 5.10 Å². The molecule has 5 heteroatoms. The van der Waals surface area contributed by atoms with Gasteiger partial charge in [0.2, 0.25) is 0 Å². The fraction of sp³-hybridized carbons (Fsp3) is 0.267. The van der Waals surface area contributed by atoms with Crippen LogP contribution in [0.5, 0.6) is 0 Å². The molecular weight excluding hydrogens is 250 g/mol. The van der Waals surface area contributed by atoms with Crippen molar-refractivity contribution in [2.75, 3.05) is 0 Å². The molecule has 0 atom stereocenters. The molecule has 0 fully saturated rings. The summed E-state index contributed by atoms with van der Waals surface area (Å²) in [5.41, 5.74) is 8.50. The van der Waals surface area contributed by atoms with Gasteiger partial charge in [0.05, 0.1) is 23.8 Å². The fourth-order valence-electron chi connectivity index (χ4n) is 2.14. The molecule has 1 aromatic carbocycles. The molecule has 0 amide bonds. The molecule has 0 spiro atoms. The SMILES string of the molecule is CC(C)(N)c1cn(Cc2ccnc3ccccc23)nn1. The van der Waals surface area contributed by atoms with Gasteiger partial charge < -0.3 is 5.73 Å². The standard InChI is InChI=1S/C15H17N5/c1-15(2,16)14-10-20(19-18-14)9-11-7-8-17-13-6-4-3-5-12(11)13/h3-8,10H,9,16H2,1-2H3. The molecule has 3 aromatic rings. The largest absolute Gasteiger partial charge is 0.320 e. The number of aromatic nitrogens is 4. The zero-order valence-electron chi connectivity index (χ0n) is 11.6. The third kappa shape index (κ3) is 2.40. The molecule has 2 heterocycles. The van der Waals surface area contributed by atoms with Crippen molar-refractivity contribution in [3.05, 3.63) is 54.0 Å². The van der Waals surface area contributed by atoms with Crippen molar-refractivity contribution in [2.45, 2.75) is 25.9 Å². The smallest absolute Gasteiger partial charge is 0.102 e. The molecule has 5 nitrogen and oxygen atoms in total. The molecule has 0 bridgehead atoms. The van der Waals surface area contributed by atoms with Crippen LogP contribution in [0, 0.1) is 0 Å². The van der Waals surface area contributed by atoms with Crippen LogP contribution >= 0.6 is 0 Å². The highest BCUT2D eigenvalue weighted by atomic mass is 15.4. The van der Waals surface area contributed by atoms with Crippen molar-refractivity contribution in [3.63, 3.8) is 0 Å². The molecule has 2 N–H and O–H groups in total. The first-order chi connectivity index (χ1) is 9.54. The zero-order chi connectivity index (χ0) is 14.2. The van der Waals surface area contributed by atoms with E-state index in [1.807, 2.05) is 55.2 Å². The number of rotatable bonds is 3. The predicted octanol–water partition coefficient (Wildman–Crippen LogP) is 2.07. The van der Waals surface area contributed by atoms with Crippen molar-refractivity contribution in [1.29, 1.82) is 0 Å². The second-order valence-corrected chi connectivity index (χ2v) is 5.51. The Bertz CT molecular complexity index is 734. The Morgan fingerprint density at radius 1 is 1.20 bits per heavy atom. The highest BCUT2D eigenvalue weighted by molar-refractivity contribution is 5.81. The van der Waals surface area contributed by atoms with Crippen molar-refractivity contribution < 1.29 is 0 Å². The summed E-state index contributed by atoms with van der Waals surface area (Å²) in [7, 11) is 0. The summed E-state index contributed by atoms with van der Waals surface area (Å²) in [5, 5.41) is 9.43. The minimum atomic E-state index is -0.474. The Balaban J connectivity index is 1.96. The molecule has 0 aliphatic rings. The Morgan fingerprint density at radius 3 is 2.75 bits per heavy atom. The van der Waals surface area contributed by atoms with Crippen molar-refractivity contribution in [1.82, 2.24) is 20.0 Å². The Labute approximate surface area is 117 Å². The van der Waals surface area contributed by atoms with Crippen LogP contribution in [-0.2, 0) is 12.1 Å². The number of para-hydroxylation sites is 1. The molecule has 0 saturated heterocycles. The number of benzene rings is 1. The Kier molecular flexibility index (Phi) is 2.99. The topological polar surface area (TPSA) is 69.6 Å². The Hall–Kier alpha value is -2.27. The van der Waals surface area contributed by atoms with Crippen LogP contribution in [-0.4, -0.2) is 20.0 Å². The first-order valence-electron chi connectivity index (χ1n) is 6.56. The lowest BCUT2D eigenvalue weighted by molar-refractivity contribution is 0.533. The van der Waals surface area contributed by atoms with E-state index in [1.54, 1.807) is 0 Å². The van der Waals surface area contributed by atoms with Crippen LogP contribution in [0.15, 0.2) is 42.7 Å². The maximum Gasteiger partial charge on any atom is 0.102 e. The van der Waals surface area contributed by atoms with Crippen LogP contribution in [0.25, 0.3) is 10.9 Å². The van der Waals surface area contributed by atoms with Gasteiger partial charge in [0, 0.05) is 11.6 Å². The highest BCUT2D eigenvalue weighted by Gasteiger charge is 2.18. The lowest BCUT2D eigenvalue weighted by atomic mass is 10.0. The third-order valence-corrected chi connectivity index (χ3v) is 3.27. The lowest BCUT2D eigenvalue weighted by Gasteiger charge is -2.13. The van der Waals surface area contributed by atoms with Gasteiger partial charge in [-0.05, 0) is 31.5 Å². The quantitative estimate of drug-likeness (QED) is 0.788. The summed E-state index contributed by atoms with van der Waals surface area (Å²) in [6.45, 7) is 4.50. The van der Waals surface area contributed by atoms with Crippen LogP contribution in [0.3, 0.4) is 0 Å². The van der Waals surface area contributed by atoms with E-state index in [-0.39, 0.29) is 0 Å². The van der Waals surface area contributed by atoms with E-state index in [1.165, 1.54) is 5.56 Å². The number of nitrogens with zero attached hydrogens (tertiary/aromatic N) is 4. The minimum absolute atomic E-state index is 0.474. The molecular formula is C15H17N5. The summed E-state index contributed by atoms with van der Waals surface area (Å²) in [5.74, 6) is 0. The maximum atomic E-state index is 6.03. The normalized spacial score (nSPS) is 11.9. The molecule has 102 valence electrons. The van der Waals surface area contributed by atoms with E-state index in [0.29, 0.717) is 6.54 Å². The van der Waals surface area contributed by atoms with E-state index in [4.69, 9.17) is 5.73 Å². The monoisotopic (exact) mass is 267 g/mol. The average Bonchev–Trinajstić information content (AvgIpc) is 2.88. The van der Waals surface area contributed by atoms with Gasteiger partial charge in [-0.25, -0.2) is 4.68 Å². The van der Waals surface area contributed by atoms with Gasteiger partial charge in [-0.2, -0.15) is 0 Å². The van der Waals surface area contributed by atoms with Crippen molar-refractivity contribution in [2.24, 2.45) is 5.73 Å². The van der Waals surface area contributed by atoms with Crippen LogP contribution in [0.2, 0.25) is 0 Å². The molecule has 0 unspecified atom stereocenters. The highest BCUT2D eigenvalue weighted by Crippen LogP contribution is 2.18. The second kappa shape index (κ2) is 4.68. The number of fused-ring (bicyclic) bond motifs is 1. The van der Waals surface area contributed by atoms with Gasteiger partial charge in [0.1, 0.15) is 5.69 Å². The number of hydrogen-bond acceptors (Lipinski definition) is 4. The van der Waals surface area contributed by atoms with Gasteiger partial charge >= 0.3 is 0 Å². The van der Waals surface area contributed by atoms with E-state index in [0.717, 1.165) is 16.6 Å². The van der Waals surface area contributed by atoms with Gasteiger partial charge in [-0.3, -0.25) is 4.98 Å². The molecule has 0 radical (unpaired) electrons. The van der Waals surface area contributed by atoms with Gasteiger partial charge in [-0.1, -0.05) is 23.4 Å². The first kappa shape index (κ1) is 12.7. The molecule has 0 aliphatic heterocycles. The van der Waals surface area contributed by atoms with Crippen molar-refractivity contribution >= 4 is 10.9 Å². The summed E-state index contributed by atoms with van der Waals surface area (Å²) in [4.78, 5) is 4.36. The number of nitrogens with two attached hydrogens (primary N) is 1. The Morgan fingerprint density at radius 2 is 2.00 bits per heavy atom. The van der Waals surface area contributed by atoms with E-state index in [9.17, 15) is 0 Å². The average molecular weight is 267 g/mol. The summed E-state index contributed by atoms with van der Waals surface area (Å²) < 4.78 is 1.81. The predicted molar refractivity (Wildman–Crippen MR) is 78.1 cm³/mol. The molecule has 0 saturated carbocycles. The molecule has 20 heavy (non-hydrogen) atoms. The maximum absolute atomic E-state index is 6.03.